The molecular formula is C17H25ClN2O2S. The highest BCUT2D eigenvalue weighted by Crippen LogP contribution is 2.37. The summed E-state index contributed by atoms with van der Waals surface area (Å²) in [4.78, 5) is 15.7. The molecule has 0 spiro atoms. The van der Waals surface area contributed by atoms with Crippen molar-refractivity contribution < 1.29 is 9.53 Å². The Labute approximate surface area is 147 Å². The van der Waals surface area contributed by atoms with Gasteiger partial charge in [0.2, 0.25) is 0 Å². The molecule has 6 heteroatoms. The first-order valence-electron chi connectivity index (χ1n) is 8.29. The second-order valence-corrected chi connectivity index (χ2v) is 8.99. The SMILES string of the molecule is CC(C)(C)OC(=O)N1C2CCC1CC(NCc1cc(Cl)cs1)C2. The Morgan fingerprint density at radius 1 is 1.39 bits per heavy atom. The maximum absolute atomic E-state index is 12.4. The van der Waals surface area contributed by atoms with Crippen molar-refractivity contribution in [2.24, 2.45) is 0 Å². The molecule has 0 aliphatic carbocycles. The standard InChI is InChI=1S/C17H25ClN2O2S/c1-17(2,3)22-16(21)20-13-4-5-14(20)8-12(7-13)19-9-15-6-11(18)10-23-15/h6,10,12-14,19H,4-5,7-9H2,1-3H3. The Kier molecular flexibility index (Phi) is 4.90. The van der Waals surface area contributed by atoms with E-state index in [1.54, 1.807) is 11.3 Å². The highest BCUT2D eigenvalue weighted by Gasteiger charge is 2.44. The smallest absolute Gasteiger partial charge is 0.410 e. The monoisotopic (exact) mass is 356 g/mol. The summed E-state index contributed by atoms with van der Waals surface area (Å²) in [5.74, 6) is 0. The van der Waals surface area contributed by atoms with E-state index in [0.717, 1.165) is 37.3 Å². The average Bonchev–Trinajstić information content (AvgIpc) is 2.96. The highest BCUT2D eigenvalue weighted by molar-refractivity contribution is 7.10. The fraction of sp³-hybridized carbons (Fsp3) is 0.706. The number of nitrogens with one attached hydrogen (secondary N) is 1. The van der Waals surface area contributed by atoms with Gasteiger partial charge in [0.1, 0.15) is 5.60 Å². The maximum Gasteiger partial charge on any atom is 0.410 e. The van der Waals surface area contributed by atoms with Crippen molar-refractivity contribution in [3.63, 3.8) is 0 Å². The molecule has 23 heavy (non-hydrogen) atoms. The number of rotatable bonds is 3. The second-order valence-electron chi connectivity index (χ2n) is 7.55. The van der Waals surface area contributed by atoms with Gasteiger partial charge in [-0.3, -0.25) is 0 Å². The molecule has 0 saturated carbocycles. The average molecular weight is 357 g/mol. The summed E-state index contributed by atoms with van der Waals surface area (Å²) in [7, 11) is 0. The van der Waals surface area contributed by atoms with Crippen molar-refractivity contribution >= 4 is 29.0 Å². The number of carbonyl (C=O) groups excluding carboxylic acids is 1. The van der Waals surface area contributed by atoms with E-state index < -0.39 is 5.60 Å². The van der Waals surface area contributed by atoms with Crippen LogP contribution < -0.4 is 5.32 Å². The summed E-state index contributed by atoms with van der Waals surface area (Å²) in [6, 6.07) is 3.11. The van der Waals surface area contributed by atoms with Gasteiger partial charge in [0, 0.05) is 34.9 Å². The third-order valence-electron chi connectivity index (χ3n) is 4.52. The molecule has 1 aromatic heterocycles. The first-order chi connectivity index (χ1) is 10.8. The number of fused-ring (bicyclic) bond motifs is 2. The van der Waals surface area contributed by atoms with Crippen LogP contribution in [0.3, 0.4) is 0 Å². The third-order valence-corrected chi connectivity index (χ3v) is 5.81. The van der Waals surface area contributed by atoms with E-state index in [1.165, 1.54) is 4.88 Å². The molecule has 2 unspecified atom stereocenters. The Bertz CT molecular complexity index is 555. The van der Waals surface area contributed by atoms with Crippen molar-refractivity contribution in [2.75, 3.05) is 0 Å². The number of nitrogens with zero attached hydrogens (tertiary/aromatic N) is 1. The summed E-state index contributed by atoms with van der Waals surface area (Å²) < 4.78 is 5.58. The van der Waals surface area contributed by atoms with Crippen LogP contribution in [0.4, 0.5) is 4.79 Å². The molecule has 2 atom stereocenters. The lowest BCUT2D eigenvalue weighted by molar-refractivity contribution is 0.00467. The largest absolute Gasteiger partial charge is 0.444 e. The van der Waals surface area contributed by atoms with E-state index in [4.69, 9.17) is 16.3 Å². The Hall–Kier alpha value is -0.780. The minimum Gasteiger partial charge on any atom is -0.444 e. The van der Waals surface area contributed by atoms with Gasteiger partial charge in [0.15, 0.2) is 0 Å². The highest BCUT2D eigenvalue weighted by atomic mass is 35.5. The molecule has 1 N–H and O–H groups in total. The van der Waals surface area contributed by atoms with E-state index in [0.29, 0.717) is 18.1 Å². The van der Waals surface area contributed by atoms with Crippen LogP contribution in [0.1, 0.15) is 51.3 Å². The zero-order chi connectivity index (χ0) is 16.6. The van der Waals surface area contributed by atoms with Crippen LogP contribution in [0.2, 0.25) is 5.02 Å². The van der Waals surface area contributed by atoms with Crippen LogP contribution in [-0.4, -0.2) is 34.7 Å². The van der Waals surface area contributed by atoms with Crippen molar-refractivity contribution in [2.45, 2.75) is 76.7 Å². The number of ether oxygens (including phenoxy) is 1. The molecule has 2 aliphatic heterocycles. The van der Waals surface area contributed by atoms with E-state index >= 15 is 0 Å². The minimum absolute atomic E-state index is 0.145. The molecule has 0 aromatic carbocycles. The number of hydrogen-bond acceptors (Lipinski definition) is 4. The van der Waals surface area contributed by atoms with Gasteiger partial charge in [-0.25, -0.2) is 4.79 Å². The van der Waals surface area contributed by atoms with E-state index in [9.17, 15) is 4.79 Å². The molecule has 4 nitrogen and oxygen atoms in total. The van der Waals surface area contributed by atoms with Crippen molar-refractivity contribution in [1.82, 2.24) is 10.2 Å². The van der Waals surface area contributed by atoms with Gasteiger partial charge in [0.05, 0.1) is 5.02 Å². The fourth-order valence-electron chi connectivity index (χ4n) is 3.65. The lowest BCUT2D eigenvalue weighted by atomic mass is 9.97. The molecule has 3 heterocycles. The molecular weight excluding hydrogens is 332 g/mol. The third kappa shape index (κ3) is 4.20. The molecule has 128 valence electrons. The Morgan fingerprint density at radius 3 is 2.57 bits per heavy atom. The summed E-state index contributed by atoms with van der Waals surface area (Å²) in [5, 5.41) is 6.41. The van der Waals surface area contributed by atoms with Crippen molar-refractivity contribution in [3.05, 3.63) is 21.3 Å². The molecule has 2 saturated heterocycles. The number of halogens is 1. The molecule has 0 radical (unpaired) electrons. The number of hydrogen-bond donors (Lipinski definition) is 1. The van der Waals surface area contributed by atoms with Crippen LogP contribution in [0.15, 0.2) is 11.4 Å². The van der Waals surface area contributed by atoms with Crippen LogP contribution in [-0.2, 0) is 11.3 Å². The quantitative estimate of drug-likeness (QED) is 0.871. The predicted molar refractivity (Wildman–Crippen MR) is 94.1 cm³/mol. The number of piperidine rings is 1. The Balaban J connectivity index is 1.55. The van der Waals surface area contributed by atoms with E-state index in [-0.39, 0.29) is 6.09 Å². The van der Waals surface area contributed by atoms with Crippen LogP contribution in [0, 0.1) is 0 Å². The normalized spacial score (nSPS) is 27.3. The number of amides is 1. The molecule has 2 fully saturated rings. The second kappa shape index (κ2) is 6.61. The molecule has 2 aliphatic rings. The van der Waals surface area contributed by atoms with Crippen molar-refractivity contribution in [1.29, 1.82) is 0 Å². The minimum atomic E-state index is -0.427. The van der Waals surface area contributed by atoms with E-state index in [2.05, 4.69) is 5.32 Å². The first-order valence-corrected chi connectivity index (χ1v) is 9.55. The molecule has 1 aromatic rings. The van der Waals surface area contributed by atoms with Gasteiger partial charge < -0.3 is 15.0 Å². The molecule has 3 rings (SSSR count). The topological polar surface area (TPSA) is 41.6 Å². The van der Waals surface area contributed by atoms with Crippen LogP contribution in [0.25, 0.3) is 0 Å². The summed E-state index contributed by atoms with van der Waals surface area (Å²) in [6.07, 6.45) is 4.05. The number of thiophene rings is 1. The lowest BCUT2D eigenvalue weighted by Gasteiger charge is -2.39. The summed E-state index contributed by atoms with van der Waals surface area (Å²) >= 11 is 7.66. The van der Waals surface area contributed by atoms with Gasteiger partial charge in [0.25, 0.3) is 0 Å². The lowest BCUT2D eigenvalue weighted by Crippen LogP contribution is -2.52. The number of carbonyl (C=O) groups is 1. The predicted octanol–water partition coefficient (Wildman–Crippen LogP) is 4.42. The first kappa shape index (κ1) is 17.1. The van der Waals surface area contributed by atoms with Crippen LogP contribution in [0.5, 0.6) is 0 Å². The summed E-state index contributed by atoms with van der Waals surface area (Å²) in [6.45, 7) is 6.63. The Morgan fingerprint density at radius 2 is 2.04 bits per heavy atom. The molecule has 1 amide bonds. The van der Waals surface area contributed by atoms with Gasteiger partial charge in [-0.05, 0) is 52.5 Å². The van der Waals surface area contributed by atoms with Gasteiger partial charge in [-0.1, -0.05) is 11.6 Å². The molecule has 2 bridgehead atoms. The van der Waals surface area contributed by atoms with Gasteiger partial charge in [-0.2, -0.15) is 0 Å². The fourth-order valence-corrected chi connectivity index (χ4v) is 4.67. The zero-order valence-corrected chi connectivity index (χ0v) is 15.5. The summed E-state index contributed by atoms with van der Waals surface area (Å²) in [5.41, 5.74) is -0.427. The van der Waals surface area contributed by atoms with E-state index in [1.807, 2.05) is 37.1 Å². The van der Waals surface area contributed by atoms with Crippen LogP contribution >= 0.6 is 22.9 Å². The van der Waals surface area contributed by atoms with Gasteiger partial charge in [-0.15, -0.1) is 11.3 Å². The van der Waals surface area contributed by atoms with Gasteiger partial charge >= 0.3 is 6.09 Å². The maximum atomic E-state index is 12.4. The van der Waals surface area contributed by atoms with Crippen molar-refractivity contribution in [3.8, 4) is 0 Å². The zero-order valence-electron chi connectivity index (χ0n) is 14.0.